The van der Waals surface area contributed by atoms with Gasteiger partial charge in [0, 0.05) is 6.07 Å². The average molecular weight is 336 g/mol. The quantitative estimate of drug-likeness (QED) is 0.932. The van der Waals surface area contributed by atoms with E-state index in [-0.39, 0.29) is 0 Å². The zero-order valence-electron chi connectivity index (χ0n) is 7.67. The molecule has 0 bridgehead atoms. The van der Waals surface area contributed by atoms with Gasteiger partial charge < -0.3 is 14.3 Å². The lowest BCUT2D eigenvalue weighted by Crippen LogP contribution is -2.11. The minimum atomic E-state index is 0.635. The summed E-state index contributed by atoms with van der Waals surface area (Å²) in [6, 6.07) is 3.73. The number of aromatic nitrogens is 1. The second-order valence-corrected chi connectivity index (χ2v) is 4.49. The summed E-state index contributed by atoms with van der Waals surface area (Å²) in [6.45, 7) is 1.28. The summed E-state index contributed by atoms with van der Waals surface area (Å²) >= 11 is 6.63. The summed E-state index contributed by atoms with van der Waals surface area (Å²) < 4.78 is 12.0. The number of hydrogen-bond donors (Lipinski definition) is 1. The maximum Gasteiger partial charge on any atom is 0.183 e. The maximum absolute atomic E-state index is 5.39. The van der Waals surface area contributed by atoms with Gasteiger partial charge in [-0.25, -0.2) is 0 Å². The lowest BCUT2D eigenvalue weighted by molar-refractivity contribution is 0.368. The minimum absolute atomic E-state index is 0.635. The molecule has 2 rings (SSSR count). The van der Waals surface area contributed by atoms with Crippen LogP contribution in [-0.4, -0.2) is 5.16 Å². The van der Waals surface area contributed by atoms with E-state index in [0.29, 0.717) is 17.8 Å². The molecule has 0 fully saturated rings. The van der Waals surface area contributed by atoms with Gasteiger partial charge in [-0.15, -0.1) is 0 Å². The Hall–Kier alpha value is -0.590. The van der Waals surface area contributed by atoms with Crippen LogP contribution in [0.3, 0.4) is 0 Å². The van der Waals surface area contributed by atoms with E-state index in [2.05, 4.69) is 42.3 Å². The molecule has 2 heterocycles. The van der Waals surface area contributed by atoms with E-state index >= 15 is 0 Å². The minimum Gasteiger partial charge on any atom is -0.452 e. The molecule has 0 radical (unpaired) electrons. The van der Waals surface area contributed by atoms with Gasteiger partial charge in [0.15, 0.2) is 4.67 Å². The van der Waals surface area contributed by atoms with Crippen LogP contribution < -0.4 is 5.32 Å². The molecule has 15 heavy (non-hydrogen) atoms. The first-order chi connectivity index (χ1) is 7.25. The highest BCUT2D eigenvalue weighted by Crippen LogP contribution is 2.26. The van der Waals surface area contributed by atoms with Crippen molar-refractivity contribution in [3.05, 3.63) is 39.0 Å². The number of nitrogens with zero attached hydrogens (tertiary/aromatic N) is 1. The molecule has 0 spiro atoms. The molecular formula is C9H8Br2N2O2. The summed E-state index contributed by atoms with van der Waals surface area (Å²) in [5.74, 6) is 1.66. The molecule has 0 atom stereocenters. The van der Waals surface area contributed by atoms with Crippen molar-refractivity contribution in [2.24, 2.45) is 0 Å². The summed E-state index contributed by atoms with van der Waals surface area (Å²) in [5, 5.41) is 6.79. The number of halogens is 2. The molecule has 4 nitrogen and oxygen atoms in total. The Morgan fingerprint density at radius 3 is 2.67 bits per heavy atom. The summed E-state index contributed by atoms with van der Waals surface area (Å²) in [4.78, 5) is 0. The Morgan fingerprint density at radius 1 is 1.27 bits per heavy atom. The number of hydrogen-bond acceptors (Lipinski definition) is 4. The van der Waals surface area contributed by atoms with Crippen LogP contribution in [-0.2, 0) is 13.1 Å². The van der Waals surface area contributed by atoms with Crippen molar-refractivity contribution >= 4 is 31.9 Å². The Labute approximate surface area is 103 Å². The van der Waals surface area contributed by atoms with Crippen molar-refractivity contribution in [2.45, 2.75) is 13.1 Å². The van der Waals surface area contributed by atoms with E-state index in [0.717, 1.165) is 16.0 Å². The molecule has 0 aliphatic carbocycles. The van der Waals surface area contributed by atoms with Crippen molar-refractivity contribution < 1.29 is 8.94 Å². The predicted molar refractivity (Wildman–Crippen MR) is 61.2 cm³/mol. The van der Waals surface area contributed by atoms with Crippen LogP contribution in [0.15, 0.2) is 36.4 Å². The highest BCUT2D eigenvalue weighted by molar-refractivity contribution is 9.13. The molecule has 0 amide bonds. The van der Waals surface area contributed by atoms with Crippen LogP contribution in [0.2, 0.25) is 0 Å². The summed E-state index contributed by atoms with van der Waals surface area (Å²) in [5.41, 5.74) is 0. The van der Waals surface area contributed by atoms with Gasteiger partial charge in [0.1, 0.15) is 11.5 Å². The van der Waals surface area contributed by atoms with Crippen molar-refractivity contribution in [3.8, 4) is 0 Å². The van der Waals surface area contributed by atoms with E-state index in [4.69, 9.17) is 8.94 Å². The molecule has 2 aromatic heterocycles. The fourth-order valence-corrected chi connectivity index (χ4v) is 1.78. The Morgan fingerprint density at radius 2 is 2.07 bits per heavy atom. The van der Waals surface area contributed by atoms with Gasteiger partial charge in [-0.1, -0.05) is 5.16 Å². The molecule has 80 valence electrons. The standard InChI is InChI=1S/C9H8Br2N2O2/c10-8-3-7(14-9(8)11)5-12-4-6-1-2-13-15-6/h1-3,12H,4-5H2. The summed E-state index contributed by atoms with van der Waals surface area (Å²) in [7, 11) is 0. The first-order valence-corrected chi connectivity index (χ1v) is 5.88. The van der Waals surface area contributed by atoms with Crippen molar-refractivity contribution in [1.82, 2.24) is 10.5 Å². The van der Waals surface area contributed by atoms with Crippen LogP contribution in [0.1, 0.15) is 11.5 Å². The van der Waals surface area contributed by atoms with Gasteiger partial charge in [0.25, 0.3) is 0 Å². The van der Waals surface area contributed by atoms with Gasteiger partial charge >= 0.3 is 0 Å². The maximum atomic E-state index is 5.39. The lowest BCUT2D eigenvalue weighted by atomic mass is 10.4. The van der Waals surface area contributed by atoms with Gasteiger partial charge in [0.05, 0.1) is 23.8 Å². The second-order valence-electron chi connectivity index (χ2n) is 2.92. The monoisotopic (exact) mass is 334 g/mol. The topological polar surface area (TPSA) is 51.2 Å². The zero-order valence-corrected chi connectivity index (χ0v) is 10.8. The van der Waals surface area contributed by atoms with E-state index < -0.39 is 0 Å². The van der Waals surface area contributed by atoms with E-state index in [9.17, 15) is 0 Å². The van der Waals surface area contributed by atoms with Crippen LogP contribution in [0.4, 0.5) is 0 Å². The first-order valence-electron chi connectivity index (χ1n) is 4.29. The molecule has 0 aliphatic rings. The molecule has 0 saturated carbocycles. The van der Waals surface area contributed by atoms with E-state index in [1.54, 1.807) is 6.20 Å². The average Bonchev–Trinajstić information content (AvgIpc) is 2.79. The molecule has 1 N–H and O–H groups in total. The molecule has 6 heteroatoms. The molecule has 0 aliphatic heterocycles. The highest BCUT2D eigenvalue weighted by atomic mass is 79.9. The van der Waals surface area contributed by atoms with Crippen molar-refractivity contribution in [3.63, 3.8) is 0 Å². The Bertz CT molecular complexity index is 406. The number of furan rings is 1. The molecular weight excluding hydrogens is 328 g/mol. The van der Waals surface area contributed by atoms with Crippen LogP contribution >= 0.6 is 31.9 Å². The van der Waals surface area contributed by atoms with Gasteiger partial charge in [-0.3, -0.25) is 0 Å². The SMILES string of the molecule is Brc1cc(CNCc2ccno2)oc1Br. The van der Waals surface area contributed by atoms with Gasteiger partial charge in [0.2, 0.25) is 0 Å². The first kappa shape index (κ1) is 10.9. The zero-order chi connectivity index (χ0) is 10.7. The van der Waals surface area contributed by atoms with Crippen molar-refractivity contribution in [1.29, 1.82) is 0 Å². The third kappa shape index (κ3) is 2.93. The number of rotatable bonds is 4. The smallest absolute Gasteiger partial charge is 0.183 e. The van der Waals surface area contributed by atoms with Gasteiger partial charge in [-0.2, -0.15) is 0 Å². The Balaban J connectivity index is 1.83. The van der Waals surface area contributed by atoms with E-state index in [1.807, 2.05) is 12.1 Å². The molecule has 0 aromatic carbocycles. The second kappa shape index (κ2) is 4.96. The fraction of sp³-hybridized carbons (Fsp3) is 0.222. The normalized spacial score (nSPS) is 10.8. The molecule has 0 saturated heterocycles. The summed E-state index contributed by atoms with van der Waals surface area (Å²) in [6.07, 6.45) is 1.62. The van der Waals surface area contributed by atoms with Crippen LogP contribution in [0, 0.1) is 0 Å². The van der Waals surface area contributed by atoms with E-state index in [1.165, 1.54) is 0 Å². The predicted octanol–water partition coefficient (Wildman–Crippen LogP) is 3.08. The fourth-order valence-electron chi connectivity index (χ4n) is 1.12. The highest BCUT2D eigenvalue weighted by Gasteiger charge is 2.05. The third-order valence-corrected chi connectivity index (χ3v) is 3.50. The molecule has 2 aromatic rings. The van der Waals surface area contributed by atoms with Crippen LogP contribution in [0.5, 0.6) is 0 Å². The number of nitrogens with one attached hydrogen (secondary N) is 1. The van der Waals surface area contributed by atoms with Crippen molar-refractivity contribution in [2.75, 3.05) is 0 Å². The van der Waals surface area contributed by atoms with Crippen LogP contribution in [0.25, 0.3) is 0 Å². The molecule has 0 unspecified atom stereocenters. The van der Waals surface area contributed by atoms with Gasteiger partial charge in [-0.05, 0) is 37.9 Å². The largest absolute Gasteiger partial charge is 0.452 e. The third-order valence-electron chi connectivity index (χ3n) is 1.79. The Kier molecular flexibility index (Phi) is 3.61. The lowest BCUT2D eigenvalue weighted by Gasteiger charge is -1.97.